The zero-order valence-electron chi connectivity index (χ0n) is 28.9. The molecule has 0 aromatic carbocycles. The van der Waals surface area contributed by atoms with Gasteiger partial charge in [-0.25, -0.2) is 0 Å². The molecule has 44 heavy (non-hydrogen) atoms. The van der Waals surface area contributed by atoms with E-state index in [1.807, 2.05) is 70.2 Å². The van der Waals surface area contributed by atoms with Crippen LogP contribution in [0.25, 0.3) is 0 Å². The number of hydrogen-bond donors (Lipinski definition) is 3. The Hall–Kier alpha value is -2.79. The van der Waals surface area contributed by atoms with Gasteiger partial charge >= 0.3 is 0 Å². The van der Waals surface area contributed by atoms with Crippen molar-refractivity contribution in [2.45, 2.75) is 113 Å². The summed E-state index contributed by atoms with van der Waals surface area (Å²) >= 11 is 0. The van der Waals surface area contributed by atoms with E-state index in [1.165, 1.54) is 0 Å². The van der Waals surface area contributed by atoms with E-state index in [2.05, 4.69) is 78.0 Å². The molecule has 0 aliphatic heterocycles. The van der Waals surface area contributed by atoms with Gasteiger partial charge in [0, 0.05) is 17.8 Å². The van der Waals surface area contributed by atoms with Crippen LogP contribution in [-0.2, 0) is 4.79 Å². The standard InChI is InChI=1S/C40H58O4/c1-29(17-13-19-31(3)21-23-35-37(5,6)25-33(41)28-40(35,10)44)15-11-12-16-30(2)18-14-20-32(4)22-24-36(43)39(9)27-34(42)26-38(39,7)8/h11-24,33-35,41-42,44H,25-28H2,1-10H3. The molecule has 5 atom stereocenters. The predicted octanol–water partition coefficient (Wildman–Crippen LogP) is 8.86. The Bertz CT molecular complexity index is 1270. The quantitative estimate of drug-likeness (QED) is 0.163. The molecule has 4 nitrogen and oxygen atoms in total. The highest BCUT2D eigenvalue weighted by Crippen LogP contribution is 2.53. The van der Waals surface area contributed by atoms with Gasteiger partial charge in [-0.1, -0.05) is 136 Å². The largest absolute Gasteiger partial charge is 0.393 e. The molecular weight excluding hydrogens is 544 g/mol. The van der Waals surface area contributed by atoms with E-state index in [0.29, 0.717) is 25.7 Å². The van der Waals surface area contributed by atoms with Crippen molar-refractivity contribution >= 4 is 5.78 Å². The van der Waals surface area contributed by atoms with E-state index in [4.69, 9.17) is 0 Å². The fourth-order valence-corrected chi connectivity index (χ4v) is 6.77. The molecule has 2 rings (SSSR count). The molecule has 0 amide bonds. The van der Waals surface area contributed by atoms with Crippen molar-refractivity contribution in [3.05, 3.63) is 107 Å². The van der Waals surface area contributed by atoms with Crippen molar-refractivity contribution in [2.75, 3.05) is 0 Å². The molecule has 2 saturated carbocycles. The highest BCUT2D eigenvalue weighted by atomic mass is 16.3. The van der Waals surface area contributed by atoms with Gasteiger partial charge in [0.05, 0.1) is 17.8 Å². The molecule has 0 aromatic rings. The normalized spacial score (nSPS) is 32.3. The maximum Gasteiger partial charge on any atom is 0.162 e. The second-order valence-electron chi connectivity index (χ2n) is 15.0. The Balaban J connectivity index is 1.89. The minimum absolute atomic E-state index is 0.0224. The lowest BCUT2D eigenvalue weighted by molar-refractivity contribution is -0.127. The molecule has 0 aromatic heterocycles. The van der Waals surface area contributed by atoms with Crippen molar-refractivity contribution in [1.82, 2.24) is 0 Å². The van der Waals surface area contributed by atoms with Gasteiger partial charge in [-0.3, -0.25) is 4.79 Å². The summed E-state index contributed by atoms with van der Waals surface area (Å²) < 4.78 is 0. The number of hydrogen-bond acceptors (Lipinski definition) is 4. The average Bonchev–Trinajstić information content (AvgIpc) is 3.09. The van der Waals surface area contributed by atoms with Crippen LogP contribution in [0.4, 0.5) is 0 Å². The zero-order chi connectivity index (χ0) is 33.3. The highest BCUT2D eigenvalue weighted by Gasteiger charge is 2.52. The van der Waals surface area contributed by atoms with E-state index in [9.17, 15) is 20.1 Å². The molecule has 3 N–H and O–H groups in total. The third-order valence-corrected chi connectivity index (χ3v) is 9.66. The number of aliphatic hydroxyl groups is 3. The van der Waals surface area contributed by atoms with Gasteiger partial charge in [0.1, 0.15) is 0 Å². The molecule has 0 radical (unpaired) electrons. The minimum Gasteiger partial charge on any atom is -0.393 e. The predicted molar refractivity (Wildman–Crippen MR) is 186 cm³/mol. The average molecular weight is 603 g/mol. The summed E-state index contributed by atoms with van der Waals surface area (Å²) in [7, 11) is 0. The Kier molecular flexibility index (Phi) is 13.2. The van der Waals surface area contributed by atoms with E-state index in [0.717, 1.165) is 22.3 Å². The van der Waals surface area contributed by atoms with Crippen LogP contribution in [0, 0.1) is 22.2 Å². The first-order valence-corrected chi connectivity index (χ1v) is 16.0. The second kappa shape index (κ2) is 15.5. The van der Waals surface area contributed by atoms with Crippen LogP contribution < -0.4 is 0 Å². The van der Waals surface area contributed by atoms with Crippen molar-refractivity contribution in [1.29, 1.82) is 0 Å². The molecule has 4 heteroatoms. The Morgan fingerprint density at radius 3 is 1.52 bits per heavy atom. The zero-order valence-corrected chi connectivity index (χ0v) is 28.9. The van der Waals surface area contributed by atoms with Gasteiger partial charge in [0.2, 0.25) is 0 Å². The van der Waals surface area contributed by atoms with Crippen LogP contribution in [0.3, 0.4) is 0 Å². The first kappa shape index (κ1) is 37.4. The van der Waals surface area contributed by atoms with Gasteiger partial charge in [0.25, 0.3) is 0 Å². The fourth-order valence-electron chi connectivity index (χ4n) is 6.77. The third-order valence-electron chi connectivity index (χ3n) is 9.66. The molecule has 0 spiro atoms. The third kappa shape index (κ3) is 10.7. The van der Waals surface area contributed by atoms with E-state index in [1.54, 1.807) is 6.08 Å². The van der Waals surface area contributed by atoms with Crippen LogP contribution in [0.1, 0.15) is 94.9 Å². The summed E-state index contributed by atoms with van der Waals surface area (Å²) in [5.74, 6) is 0.0557. The van der Waals surface area contributed by atoms with Gasteiger partial charge in [-0.2, -0.15) is 0 Å². The van der Waals surface area contributed by atoms with Gasteiger partial charge < -0.3 is 15.3 Å². The lowest BCUT2D eigenvalue weighted by Crippen LogP contribution is -2.50. The van der Waals surface area contributed by atoms with Crippen LogP contribution >= 0.6 is 0 Å². The van der Waals surface area contributed by atoms with Crippen LogP contribution in [0.5, 0.6) is 0 Å². The summed E-state index contributed by atoms with van der Waals surface area (Å²) in [6.07, 6.45) is 29.4. The van der Waals surface area contributed by atoms with E-state index >= 15 is 0 Å². The summed E-state index contributed by atoms with van der Waals surface area (Å²) in [5.41, 5.74) is 2.48. The van der Waals surface area contributed by atoms with Gasteiger partial charge in [-0.05, 0) is 70.8 Å². The van der Waals surface area contributed by atoms with Crippen LogP contribution in [-0.4, -0.2) is 38.9 Å². The van der Waals surface area contributed by atoms with Gasteiger partial charge in [-0.15, -0.1) is 0 Å². The number of rotatable bonds is 11. The molecule has 0 heterocycles. The molecule has 5 unspecified atom stereocenters. The maximum absolute atomic E-state index is 12.9. The molecule has 2 aliphatic carbocycles. The molecule has 2 aliphatic rings. The maximum atomic E-state index is 12.9. The lowest BCUT2D eigenvalue weighted by Gasteiger charge is -2.48. The molecule has 242 valence electrons. The number of carbonyl (C=O) groups excluding carboxylic acids is 1. The first-order chi connectivity index (χ1) is 20.3. The Morgan fingerprint density at radius 2 is 1.05 bits per heavy atom. The highest BCUT2D eigenvalue weighted by molar-refractivity contribution is 5.95. The second-order valence-corrected chi connectivity index (χ2v) is 15.0. The summed E-state index contributed by atoms with van der Waals surface area (Å²) in [6, 6.07) is 0. The minimum atomic E-state index is -0.923. The monoisotopic (exact) mass is 602 g/mol. The first-order valence-electron chi connectivity index (χ1n) is 16.0. The number of ketones is 1. The summed E-state index contributed by atoms with van der Waals surface area (Å²) in [4.78, 5) is 12.9. The summed E-state index contributed by atoms with van der Waals surface area (Å²) in [6.45, 7) is 20.3. The van der Waals surface area contributed by atoms with Gasteiger partial charge in [0.15, 0.2) is 5.78 Å². The smallest absolute Gasteiger partial charge is 0.162 e. The lowest BCUT2D eigenvalue weighted by atomic mass is 9.61. The molecule has 0 bridgehead atoms. The molecular formula is C40H58O4. The van der Waals surface area contributed by atoms with Crippen LogP contribution in [0.2, 0.25) is 0 Å². The van der Waals surface area contributed by atoms with Crippen molar-refractivity contribution < 1.29 is 20.1 Å². The SMILES string of the molecule is CC(C=CC=C(C)C=CC(=O)C1(C)CC(O)CC1(C)C)=CC=CC=C(C)C=CC=C(C)C=CC1C(C)(C)CC(O)CC1(C)O. The van der Waals surface area contributed by atoms with E-state index < -0.39 is 23.2 Å². The number of allylic oxidation sites excluding steroid dienone is 17. The Morgan fingerprint density at radius 1 is 0.591 bits per heavy atom. The van der Waals surface area contributed by atoms with Crippen molar-refractivity contribution in [3.63, 3.8) is 0 Å². The van der Waals surface area contributed by atoms with Crippen molar-refractivity contribution in [3.8, 4) is 0 Å². The number of carbonyl (C=O) groups is 1. The van der Waals surface area contributed by atoms with Crippen molar-refractivity contribution in [2.24, 2.45) is 22.2 Å². The molecule has 0 saturated heterocycles. The summed E-state index contributed by atoms with van der Waals surface area (Å²) in [5, 5.41) is 31.2. The Labute approximate surface area is 267 Å². The van der Waals surface area contributed by atoms with Crippen LogP contribution in [0.15, 0.2) is 107 Å². The molecule has 2 fully saturated rings. The topological polar surface area (TPSA) is 77.8 Å². The fraction of sp³-hybridized carbons (Fsp3) is 0.525. The number of aliphatic hydroxyl groups excluding tert-OH is 2. The van der Waals surface area contributed by atoms with E-state index in [-0.39, 0.29) is 22.5 Å².